The predicted octanol–water partition coefficient (Wildman–Crippen LogP) is 1.33. The number of carboxylic acids is 2. The molecule has 6 rings (SSSR count). The second kappa shape index (κ2) is 13.0. The SMILES string of the molecule is COC(=O)CN1C(=CC(Cc2ccccc2)=c2oc(=C3SC(=S)N(CC(=O)O)C3=O)n(CC(=O)O)c2=O)Sc2cc3c(cc21)OCO3. The molecule has 0 bridgehead atoms. The van der Waals surface area contributed by atoms with Crippen molar-refractivity contribution < 1.29 is 48.0 Å². The quantitative estimate of drug-likeness (QED) is 0.242. The van der Waals surface area contributed by atoms with Gasteiger partial charge in [-0.1, -0.05) is 54.3 Å². The zero-order chi connectivity index (χ0) is 33.4. The van der Waals surface area contributed by atoms with Gasteiger partial charge in [0.05, 0.1) is 17.8 Å². The number of anilines is 1. The van der Waals surface area contributed by atoms with Gasteiger partial charge in [-0.15, -0.1) is 0 Å². The number of methoxy groups -OCH3 is 1. The lowest BCUT2D eigenvalue weighted by Crippen LogP contribution is -2.37. The molecule has 0 unspecified atom stereocenters. The number of esters is 1. The molecule has 1 saturated heterocycles. The van der Waals surface area contributed by atoms with Crippen LogP contribution < -0.4 is 30.9 Å². The third kappa shape index (κ3) is 6.36. The summed E-state index contributed by atoms with van der Waals surface area (Å²) in [5.74, 6) is -3.05. The highest BCUT2D eigenvalue weighted by atomic mass is 32.2. The van der Waals surface area contributed by atoms with Crippen LogP contribution in [0.25, 0.3) is 10.5 Å². The van der Waals surface area contributed by atoms with E-state index in [9.17, 15) is 34.2 Å². The van der Waals surface area contributed by atoms with Gasteiger partial charge in [-0.25, -0.2) is 0 Å². The first-order chi connectivity index (χ1) is 22.5. The number of ether oxygens (including phenoxy) is 3. The number of allylic oxidation sites excluding steroid dienone is 1. The maximum absolute atomic E-state index is 13.9. The van der Waals surface area contributed by atoms with Crippen LogP contribution in [-0.2, 0) is 36.9 Å². The lowest BCUT2D eigenvalue weighted by atomic mass is 10.1. The van der Waals surface area contributed by atoms with Crippen molar-refractivity contribution in [2.24, 2.45) is 0 Å². The summed E-state index contributed by atoms with van der Waals surface area (Å²) < 4.78 is 22.8. The molecule has 1 amide bonds. The largest absolute Gasteiger partial charge is 0.480 e. The van der Waals surface area contributed by atoms with E-state index in [0.29, 0.717) is 39.6 Å². The van der Waals surface area contributed by atoms with Gasteiger partial charge in [-0.3, -0.25) is 33.4 Å². The van der Waals surface area contributed by atoms with Crippen LogP contribution in [0.1, 0.15) is 5.56 Å². The van der Waals surface area contributed by atoms with Crippen LogP contribution in [0.15, 0.2) is 67.7 Å². The molecule has 0 saturated carbocycles. The van der Waals surface area contributed by atoms with Crippen molar-refractivity contribution in [3.8, 4) is 11.5 Å². The monoisotopic (exact) mass is 697 g/mol. The van der Waals surface area contributed by atoms with E-state index in [1.54, 1.807) is 23.1 Å². The maximum atomic E-state index is 13.9. The molecule has 242 valence electrons. The molecule has 1 fully saturated rings. The predicted molar refractivity (Wildman–Crippen MR) is 172 cm³/mol. The molecule has 47 heavy (non-hydrogen) atoms. The second-order valence-electron chi connectivity index (χ2n) is 10.1. The first kappa shape index (κ1) is 32.0. The molecule has 0 atom stereocenters. The van der Waals surface area contributed by atoms with Gasteiger partial charge < -0.3 is 33.7 Å². The average molecular weight is 698 g/mol. The summed E-state index contributed by atoms with van der Waals surface area (Å²) in [6, 6.07) is 12.6. The molecule has 17 heteroatoms. The number of aliphatic carboxylic acids is 2. The molecule has 1 aromatic heterocycles. The molecule has 3 aliphatic rings. The number of thiocarbonyl (C=S) groups is 1. The number of carbonyl (C=O) groups is 4. The average Bonchev–Trinajstić information content (AvgIpc) is 3.78. The lowest BCUT2D eigenvalue weighted by molar-refractivity contribution is -0.140. The standard InChI is InChI=1S/C30H23N3O11S3/c1-41-24(38)13-31-17-9-18-19(43-14-42-18)10-20(17)46-21(31)8-16(7-15-5-3-2-4-6-15)25-27(39)32(11-22(34)35)29(44-25)26-28(40)33(12-23(36)37)30(45)47-26/h2-6,8-10H,7,11-14H2,1H3,(H,34,35)(H,36,37). The Labute approximate surface area is 278 Å². The highest BCUT2D eigenvalue weighted by molar-refractivity contribution is 8.30. The van der Waals surface area contributed by atoms with Crippen molar-refractivity contribution in [1.29, 1.82) is 0 Å². The number of benzene rings is 2. The van der Waals surface area contributed by atoms with Gasteiger partial charge in [-0.2, -0.15) is 0 Å². The van der Waals surface area contributed by atoms with Crippen molar-refractivity contribution in [1.82, 2.24) is 9.47 Å². The number of aromatic nitrogens is 1. The van der Waals surface area contributed by atoms with Gasteiger partial charge in [0.15, 0.2) is 16.9 Å². The minimum absolute atomic E-state index is 0.0552. The molecule has 0 spiro atoms. The van der Waals surface area contributed by atoms with E-state index in [-0.39, 0.29) is 39.9 Å². The maximum Gasteiger partial charge on any atom is 0.325 e. The molecular formula is C30H23N3O11S3. The Bertz CT molecular complexity index is 2070. The Morgan fingerprint density at radius 3 is 2.36 bits per heavy atom. The molecule has 3 aliphatic heterocycles. The minimum atomic E-state index is -1.38. The Morgan fingerprint density at radius 2 is 1.68 bits per heavy atom. The first-order valence-electron chi connectivity index (χ1n) is 13.7. The van der Waals surface area contributed by atoms with Gasteiger partial charge in [-0.05, 0) is 23.4 Å². The molecule has 4 heterocycles. The van der Waals surface area contributed by atoms with Crippen molar-refractivity contribution in [2.45, 2.75) is 17.9 Å². The first-order valence-corrected chi connectivity index (χ1v) is 15.7. The van der Waals surface area contributed by atoms with Crippen molar-refractivity contribution in [3.05, 3.63) is 80.4 Å². The van der Waals surface area contributed by atoms with E-state index in [1.165, 1.54) is 18.9 Å². The minimum Gasteiger partial charge on any atom is -0.480 e. The number of hydrogen-bond acceptors (Lipinski definition) is 13. The smallest absolute Gasteiger partial charge is 0.325 e. The molecule has 0 aliphatic carbocycles. The Hall–Kier alpha value is -5.00. The Balaban J connectivity index is 1.58. The third-order valence-corrected chi connectivity index (χ3v) is 9.59. The number of oxazole rings is 1. The van der Waals surface area contributed by atoms with Gasteiger partial charge in [0.25, 0.3) is 11.5 Å². The van der Waals surface area contributed by atoms with Crippen LogP contribution in [-0.4, -0.2) is 74.8 Å². The van der Waals surface area contributed by atoms with Crippen molar-refractivity contribution in [3.63, 3.8) is 0 Å². The fourth-order valence-electron chi connectivity index (χ4n) is 4.98. The number of hydrogen-bond donors (Lipinski definition) is 2. The van der Waals surface area contributed by atoms with Crippen LogP contribution in [0.5, 0.6) is 11.5 Å². The summed E-state index contributed by atoms with van der Waals surface area (Å²) in [4.78, 5) is 66.0. The summed E-state index contributed by atoms with van der Waals surface area (Å²) in [7, 11) is 1.26. The molecule has 3 aromatic rings. The summed E-state index contributed by atoms with van der Waals surface area (Å²) in [5, 5.41) is 19.4. The second-order valence-corrected chi connectivity index (χ2v) is 12.8. The molecule has 0 radical (unpaired) electrons. The van der Waals surface area contributed by atoms with Crippen LogP contribution >= 0.6 is 35.7 Å². The van der Waals surface area contributed by atoms with E-state index in [1.807, 2.05) is 30.3 Å². The number of thioether (sulfide) groups is 2. The molecule has 2 aromatic carbocycles. The summed E-state index contributed by atoms with van der Waals surface area (Å²) >= 11 is 7.19. The topological polar surface area (TPSA) is 178 Å². The van der Waals surface area contributed by atoms with Gasteiger partial charge in [0, 0.05) is 29.0 Å². The number of carbonyl (C=O) groups excluding carboxylic acids is 2. The molecule has 14 nitrogen and oxygen atoms in total. The van der Waals surface area contributed by atoms with E-state index in [0.717, 1.165) is 19.9 Å². The van der Waals surface area contributed by atoms with Crippen LogP contribution in [0.2, 0.25) is 0 Å². The number of rotatable bonds is 9. The number of amides is 1. The van der Waals surface area contributed by atoms with E-state index in [2.05, 4.69) is 0 Å². The summed E-state index contributed by atoms with van der Waals surface area (Å²) in [6.07, 6.45) is 1.78. The van der Waals surface area contributed by atoms with E-state index >= 15 is 0 Å². The highest BCUT2D eigenvalue weighted by Crippen LogP contribution is 2.51. The van der Waals surface area contributed by atoms with Gasteiger partial charge in [0.2, 0.25) is 12.3 Å². The van der Waals surface area contributed by atoms with E-state index < -0.39 is 42.5 Å². The van der Waals surface area contributed by atoms with Crippen LogP contribution in [0, 0.1) is 0 Å². The van der Waals surface area contributed by atoms with Crippen molar-refractivity contribution in [2.75, 3.05) is 31.9 Å². The Kier molecular flexibility index (Phi) is 8.85. The number of carboxylic acid groups (broad SMARTS) is 2. The third-order valence-electron chi connectivity index (χ3n) is 7.08. The normalized spacial score (nSPS) is 17.8. The Morgan fingerprint density at radius 1 is 0.979 bits per heavy atom. The number of nitrogens with zero attached hydrogens (tertiary/aromatic N) is 3. The van der Waals surface area contributed by atoms with Gasteiger partial charge in [0.1, 0.15) is 28.9 Å². The van der Waals surface area contributed by atoms with E-state index in [4.69, 9.17) is 30.8 Å². The van der Waals surface area contributed by atoms with Crippen LogP contribution in [0.4, 0.5) is 5.69 Å². The highest BCUT2D eigenvalue weighted by Gasteiger charge is 2.37. The zero-order valence-electron chi connectivity index (χ0n) is 24.3. The van der Waals surface area contributed by atoms with Crippen LogP contribution in [0.3, 0.4) is 0 Å². The fraction of sp³-hybridized carbons (Fsp3) is 0.200. The molecule has 2 N–H and O–H groups in total. The van der Waals surface area contributed by atoms with Crippen molar-refractivity contribution >= 4 is 80.0 Å². The zero-order valence-corrected chi connectivity index (χ0v) is 26.7. The summed E-state index contributed by atoms with van der Waals surface area (Å²) in [6.45, 7) is -1.71. The van der Waals surface area contributed by atoms with Gasteiger partial charge >= 0.3 is 17.9 Å². The molecular weight excluding hydrogens is 675 g/mol. The summed E-state index contributed by atoms with van der Waals surface area (Å²) in [5.41, 5.74) is 0.238. The lowest BCUT2D eigenvalue weighted by Gasteiger charge is -2.19. The fourth-order valence-corrected chi connectivity index (χ4v) is 7.38. The number of fused-ring (bicyclic) bond motifs is 2.